The molecule has 0 N–H and O–H groups in total. The Morgan fingerprint density at radius 2 is 1.71 bits per heavy atom. The molecular weight excluding hydrogens is 326 g/mol. The first kappa shape index (κ1) is 18.8. The Balaban J connectivity index is 2.23. The maximum atomic E-state index is 12.7. The van der Waals surface area contributed by atoms with Gasteiger partial charge in [0.05, 0.1) is 4.90 Å². The lowest BCUT2D eigenvalue weighted by Crippen LogP contribution is -2.46. The number of ether oxygens (including phenoxy) is 1. The summed E-state index contributed by atoms with van der Waals surface area (Å²) in [6.07, 6.45) is 4.25. The highest BCUT2D eigenvalue weighted by atomic mass is 32.2. The van der Waals surface area contributed by atoms with Gasteiger partial charge in [-0.05, 0) is 45.7 Å². The summed E-state index contributed by atoms with van der Waals surface area (Å²) in [5.41, 5.74) is -0.652. The molecule has 0 unspecified atom stereocenters. The highest BCUT2D eigenvalue weighted by Gasteiger charge is 2.33. The fraction of sp³-hybridized carbons (Fsp3) is 0.611. The minimum absolute atomic E-state index is 0.0768. The third-order valence-electron chi connectivity index (χ3n) is 4.05. The van der Waals surface area contributed by atoms with E-state index < -0.39 is 21.5 Å². The van der Waals surface area contributed by atoms with E-state index in [4.69, 9.17) is 4.74 Å². The van der Waals surface area contributed by atoms with Crippen LogP contribution in [-0.4, -0.2) is 36.9 Å². The van der Waals surface area contributed by atoms with Crippen LogP contribution in [0.5, 0.6) is 0 Å². The first-order valence-electron chi connectivity index (χ1n) is 8.46. The zero-order valence-electron chi connectivity index (χ0n) is 14.7. The first-order chi connectivity index (χ1) is 11.2. The van der Waals surface area contributed by atoms with Crippen molar-refractivity contribution in [3.8, 4) is 0 Å². The molecule has 5 nitrogen and oxygen atoms in total. The van der Waals surface area contributed by atoms with E-state index in [0.29, 0.717) is 0 Å². The molecule has 1 saturated carbocycles. The smallest absolute Gasteiger partial charge is 0.411 e. The largest absolute Gasteiger partial charge is 0.444 e. The molecule has 1 fully saturated rings. The maximum absolute atomic E-state index is 12.7. The Labute approximate surface area is 144 Å². The molecule has 0 heterocycles. The van der Waals surface area contributed by atoms with E-state index in [2.05, 4.69) is 0 Å². The highest BCUT2D eigenvalue weighted by molar-refractivity contribution is 7.91. The van der Waals surface area contributed by atoms with Crippen LogP contribution >= 0.6 is 0 Å². The molecule has 2 rings (SSSR count). The third kappa shape index (κ3) is 5.23. The van der Waals surface area contributed by atoms with Crippen molar-refractivity contribution in [3.05, 3.63) is 30.3 Å². The number of sulfone groups is 1. The second kappa shape index (κ2) is 7.55. The number of hydrogen-bond donors (Lipinski definition) is 0. The fourth-order valence-corrected chi connectivity index (χ4v) is 4.31. The van der Waals surface area contributed by atoms with Crippen LogP contribution < -0.4 is 0 Å². The summed E-state index contributed by atoms with van der Waals surface area (Å²) in [4.78, 5) is 14.2. The molecule has 0 radical (unpaired) electrons. The van der Waals surface area contributed by atoms with Crippen LogP contribution in [0.1, 0.15) is 52.9 Å². The van der Waals surface area contributed by atoms with Crippen LogP contribution in [0.4, 0.5) is 4.79 Å². The molecule has 0 spiro atoms. The Kier molecular flexibility index (Phi) is 5.91. The molecule has 24 heavy (non-hydrogen) atoms. The van der Waals surface area contributed by atoms with Crippen molar-refractivity contribution in [2.24, 2.45) is 0 Å². The van der Waals surface area contributed by atoms with Gasteiger partial charge in [-0.15, -0.1) is 0 Å². The molecule has 1 aliphatic rings. The molecule has 1 aromatic rings. The van der Waals surface area contributed by atoms with Crippen LogP contribution in [-0.2, 0) is 14.6 Å². The lowest BCUT2D eigenvalue weighted by molar-refractivity contribution is 0.0167. The second-order valence-corrected chi connectivity index (χ2v) is 9.26. The lowest BCUT2D eigenvalue weighted by Gasteiger charge is -2.35. The van der Waals surface area contributed by atoms with Gasteiger partial charge in [-0.2, -0.15) is 0 Å². The van der Waals surface area contributed by atoms with Crippen molar-refractivity contribution >= 4 is 15.9 Å². The third-order valence-corrected chi connectivity index (χ3v) is 5.66. The van der Waals surface area contributed by atoms with Gasteiger partial charge in [0, 0.05) is 6.04 Å². The Bertz CT molecular complexity index is 643. The first-order valence-corrected chi connectivity index (χ1v) is 10.1. The van der Waals surface area contributed by atoms with Gasteiger partial charge in [-0.25, -0.2) is 13.2 Å². The number of carbonyl (C=O) groups excluding carboxylic acids is 1. The summed E-state index contributed by atoms with van der Waals surface area (Å²) in [6, 6.07) is 8.18. The van der Waals surface area contributed by atoms with Crippen molar-refractivity contribution in [2.45, 2.75) is 69.4 Å². The van der Waals surface area contributed by atoms with Crippen molar-refractivity contribution < 1.29 is 17.9 Å². The highest BCUT2D eigenvalue weighted by Crippen LogP contribution is 2.26. The SMILES string of the molecule is CC(C)(C)OC(=O)N(CS(=O)(=O)c1ccccc1)C1CCCCC1. The van der Waals surface area contributed by atoms with Gasteiger partial charge in [0.15, 0.2) is 9.84 Å². The average molecular weight is 353 g/mol. The van der Waals surface area contributed by atoms with Crippen LogP contribution in [0.25, 0.3) is 0 Å². The van der Waals surface area contributed by atoms with Gasteiger partial charge in [0.2, 0.25) is 0 Å². The summed E-state index contributed by atoms with van der Waals surface area (Å²) in [5.74, 6) is -0.337. The van der Waals surface area contributed by atoms with Gasteiger partial charge < -0.3 is 4.74 Å². The number of rotatable bonds is 4. The Morgan fingerprint density at radius 3 is 2.25 bits per heavy atom. The molecule has 134 valence electrons. The van der Waals surface area contributed by atoms with E-state index in [1.54, 1.807) is 51.1 Å². The second-order valence-electron chi connectivity index (χ2n) is 7.30. The summed E-state index contributed by atoms with van der Waals surface area (Å²) in [5, 5.41) is 0. The minimum Gasteiger partial charge on any atom is -0.444 e. The summed E-state index contributed by atoms with van der Waals surface area (Å²) in [6.45, 7) is 5.36. The summed E-state index contributed by atoms with van der Waals surface area (Å²) in [7, 11) is -3.58. The van der Waals surface area contributed by atoms with E-state index in [0.717, 1.165) is 32.1 Å². The van der Waals surface area contributed by atoms with Gasteiger partial charge in [0.1, 0.15) is 11.5 Å². The molecule has 0 aromatic heterocycles. The van der Waals surface area contributed by atoms with Crippen LogP contribution in [0.2, 0.25) is 0 Å². The summed E-state index contributed by atoms with van der Waals surface area (Å²) >= 11 is 0. The summed E-state index contributed by atoms with van der Waals surface area (Å²) < 4.78 is 30.9. The van der Waals surface area contributed by atoms with Gasteiger partial charge >= 0.3 is 6.09 Å². The Hall–Kier alpha value is -1.56. The molecule has 1 amide bonds. The van der Waals surface area contributed by atoms with E-state index in [-0.39, 0.29) is 16.8 Å². The zero-order chi connectivity index (χ0) is 17.8. The molecule has 6 heteroatoms. The number of carbonyl (C=O) groups is 1. The standard InChI is InChI=1S/C18H27NO4S/c1-18(2,3)23-17(20)19(15-10-6-4-7-11-15)14-24(21,22)16-12-8-5-9-13-16/h5,8-9,12-13,15H,4,6-7,10-11,14H2,1-3H3. The predicted molar refractivity (Wildman–Crippen MR) is 93.4 cm³/mol. The van der Waals surface area contributed by atoms with Gasteiger partial charge in [0.25, 0.3) is 0 Å². The number of nitrogens with zero attached hydrogens (tertiary/aromatic N) is 1. The molecule has 1 aliphatic carbocycles. The predicted octanol–water partition coefficient (Wildman–Crippen LogP) is 3.99. The van der Waals surface area contributed by atoms with E-state index in [1.807, 2.05) is 0 Å². The molecule has 0 bridgehead atoms. The van der Waals surface area contributed by atoms with Crippen molar-refractivity contribution in [3.63, 3.8) is 0 Å². The van der Waals surface area contributed by atoms with Gasteiger partial charge in [-0.3, -0.25) is 4.90 Å². The van der Waals surface area contributed by atoms with E-state index in [1.165, 1.54) is 4.90 Å². The number of benzene rings is 1. The van der Waals surface area contributed by atoms with E-state index in [9.17, 15) is 13.2 Å². The molecule has 0 aliphatic heterocycles. The normalized spacial score (nSPS) is 16.6. The average Bonchev–Trinajstić information content (AvgIpc) is 2.53. The van der Waals surface area contributed by atoms with Crippen molar-refractivity contribution in [2.75, 3.05) is 5.88 Å². The van der Waals surface area contributed by atoms with Crippen LogP contribution in [0.15, 0.2) is 35.2 Å². The monoisotopic (exact) mass is 353 g/mol. The quantitative estimate of drug-likeness (QED) is 0.821. The fourth-order valence-electron chi connectivity index (χ4n) is 2.91. The van der Waals surface area contributed by atoms with E-state index >= 15 is 0 Å². The van der Waals surface area contributed by atoms with Crippen molar-refractivity contribution in [1.29, 1.82) is 0 Å². The minimum atomic E-state index is -3.58. The molecule has 0 atom stereocenters. The van der Waals surface area contributed by atoms with Crippen molar-refractivity contribution in [1.82, 2.24) is 4.90 Å². The van der Waals surface area contributed by atoms with Crippen LogP contribution in [0, 0.1) is 0 Å². The number of amides is 1. The van der Waals surface area contributed by atoms with Crippen LogP contribution in [0.3, 0.4) is 0 Å². The molecular formula is C18H27NO4S. The molecule has 0 saturated heterocycles. The zero-order valence-corrected chi connectivity index (χ0v) is 15.5. The Morgan fingerprint density at radius 1 is 1.12 bits per heavy atom. The topological polar surface area (TPSA) is 63.7 Å². The molecule has 1 aromatic carbocycles. The van der Waals surface area contributed by atoms with Gasteiger partial charge in [-0.1, -0.05) is 37.5 Å². The lowest BCUT2D eigenvalue weighted by atomic mass is 9.95. The number of hydrogen-bond acceptors (Lipinski definition) is 4. The maximum Gasteiger partial charge on any atom is 0.411 e.